The van der Waals surface area contributed by atoms with E-state index in [1.165, 1.54) is 11.1 Å². The molecule has 0 fully saturated rings. The molecule has 3 heteroatoms. The summed E-state index contributed by atoms with van der Waals surface area (Å²) in [5, 5.41) is 8.82. The fourth-order valence-corrected chi connectivity index (χ4v) is 3.33. The van der Waals surface area contributed by atoms with E-state index in [9.17, 15) is 0 Å². The van der Waals surface area contributed by atoms with Crippen molar-refractivity contribution in [2.24, 2.45) is 0 Å². The van der Waals surface area contributed by atoms with E-state index in [4.69, 9.17) is 5.26 Å². The van der Waals surface area contributed by atoms with Crippen molar-refractivity contribution < 1.29 is 0 Å². The van der Waals surface area contributed by atoms with E-state index in [-0.39, 0.29) is 0 Å². The van der Waals surface area contributed by atoms with Gasteiger partial charge in [0.05, 0.1) is 11.6 Å². The summed E-state index contributed by atoms with van der Waals surface area (Å²) in [5.41, 5.74) is 3.34. The van der Waals surface area contributed by atoms with Gasteiger partial charge >= 0.3 is 0 Å². The largest absolute Gasteiger partial charge is 0.192 e. The summed E-state index contributed by atoms with van der Waals surface area (Å²) in [5.74, 6) is 0.942. The average Bonchev–Trinajstić information content (AvgIpc) is 2.39. The lowest BCUT2D eigenvalue weighted by molar-refractivity contribution is 1.29. The molecule has 0 N–H and O–H groups in total. The van der Waals surface area contributed by atoms with Crippen molar-refractivity contribution in [1.82, 2.24) is 0 Å². The topological polar surface area (TPSA) is 23.8 Å². The van der Waals surface area contributed by atoms with E-state index in [1.807, 2.05) is 18.2 Å². The molecule has 0 saturated heterocycles. The van der Waals surface area contributed by atoms with Crippen LogP contribution in [0.15, 0.2) is 51.8 Å². The first-order chi connectivity index (χ1) is 8.70. The third kappa shape index (κ3) is 3.16. The lowest BCUT2D eigenvalue weighted by atomic mass is 10.1. The molecule has 0 aliphatic carbocycles. The maximum atomic E-state index is 8.82. The Hall–Kier alpha value is -1.24. The highest BCUT2D eigenvalue weighted by Gasteiger charge is 2.04. The van der Waals surface area contributed by atoms with Gasteiger partial charge in [-0.05, 0) is 52.2 Å². The number of nitriles is 1. The molecule has 18 heavy (non-hydrogen) atoms. The average molecular weight is 318 g/mol. The minimum absolute atomic E-state index is 0.683. The number of hydrogen-bond donors (Lipinski definition) is 0. The van der Waals surface area contributed by atoms with Gasteiger partial charge in [0.2, 0.25) is 0 Å². The first-order valence-corrected chi connectivity index (χ1v) is 7.35. The van der Waals surface area contributed by atoms with Crippen LogP contribution in [0.2, 0.25) is 0 Å². The smallest absolute Gasteiger partial charge is 0.0992 e. The Morgan fingerprint density at radius 2 is 2.00 bits per heavy atom. The first-order valence-electron chi connectivity index (χ1n) is 5.57. The molecule has 0 spiro atoms. The maximum absolute atomic E-state index is 8.82. The molecule has 0 unspecified atom stereocenters. The Morgan fingerprint density at radius 3 is 2.67 bits per heavy atom. The van der Waals surface area contributed by atoms with Crippen LogP contribution in [-0.2, 0) is 5.75 Å². The molecule has 0 amide bonds. The van der Waals surface area contributed by atoms with Crippen LogP contribution >= 0.6 is 27.7 Å². The zero-order valence-electron chi connectivity index (χ0n) is 9.98. The van der Waals surface area contributed by atoms with Gasteiger partial charge in [0.25, 0.3) is 0 Å². The molecular weight excluding hydrogens is 306 g/mol. The number of benzene rings is 2. The highest BCUT2D eigenvalue weighted by atomic mass is 79.9. The van der Waals surface area contributed by atoms with Gasteiger partial charge in [0, 0.05) is 15.1 Å². The fraction of sp³-hybridized carbons (Fsp3) is 0.133. The molecule has 2 rings (SSSR count). The van der Waals surface area contributed by atoms with Crippen LogP contribution in [0.4, 0.5) is 0 Å². The van der Waals surface area contributed by atoms with E-state index in [0.29, 0.717) is 5.56 Å². The molecule has 1 nitrogen and oxygen atoms in total. The van der Waals surface area contributed by atoms with Gasteiger partial charge in [-0.3, -0.25) is 0 Å². The van der Waals surface area contributed by atoms with E-state index >= 15 is 0 Å². The van der Waals surface area contributed by atoms with E-state index < -0.39 is 0 Å². The molecule has 0 heterocycles. The molecule has 0 saturated carbocycles. The second-order valence-electron chi connectivity index (χ2n) is 3.97. The number of nitrogens with zero attached hydrogens (tertiary/aromatic N) is 1. The maximum Gasteiger partial charge on any atom is 0.0992 e. The van der Waals surface area contributed by atoms with Crippen molar-refractivity contribution >= 4 is 27.7 Å². The SMILES string of the molecule is Cc1ccccc1CSc1ccc(C#N)cc1Br. The van der Waals surface area contributed by atoms with Gasteiger partial charge in [-0.25, -0.2) is 0 Å². The molecule has 0 aliphatic heterocycles. The number of thioether (sulfide) groups is 1. The summed E-state index contributed by atoms with van der Waals surface area (Å²) >= 11 is 5.29. The van der Waals surface area contributed by atoms with Crippen LogP contribution in [0, 0.1) is 18.3 Å². The Balaban J connectivity index is 2.12. The Morgan fingerprint density at radius 1 is 1.22 bits per heavy atom. The quantitative estimate of drug-likeness (QED) is 0.750. The first kappa shape index (κ1) is 13.2. The van der Waals surface area contributed by atoms with Crippen molar-refractivity contribution in [3.05, 3.63) is 63.6 Å². The lowest BCUT2D eigenvalue weighted by Gasteiger charge is -2.07. The van der Waals surface area contributed by atoms with Gasteiger partial charge in [-0.2, -0.15) is 5.26 Å². The minimum Gasteiger partial charge on any atom is -0.192 e. The third-order valence-electron chi connectivity index (χ3n) is 2.71. The van der Waals surface area contributed by atoms with Gasteiger partial charge in [-0.1, -0.05) is 24.3 Å². The van der Waals surface area contributed by atoms with Gasteiger partial charge < -0.3 is 0 Å². The number of hydrogen-bond acceptors (Lipinski definition) is 2. The van der Waals surface area contributed by atoms with E-state index in [1.54, 1.807) is 11.8 Å². The zero-order chi connectivity index (χ0) is 13.0. The molecule has 0 radical (unpaired) electrons. The second kappa shape index (κ2) is 6.08. The molecule has 2 aromatic carbocycles. The summed E-state index contributed by atoms with van der Waals surface area (Å²) in [4.78, 5) is 1.16. The Labute approximate surface area is 120 Å². The van der Waals surface area contributed by atoms with Crippen LogP contribution in [-0.4, -0.2) is 0 Å². The van der Waals surface area contributed by atoms with E-state index in [0.717, 1.165) is 15.1 Å². The predicted octanol–water partition coefficient (Wildman–Crippen LogP) is 4.92. The molecule has 0 aliphatic rings. The highest BCUT2D eigenvalue weighted by Crippen LogP contribution is 2.31. The van der Waals surface area contributed by atoms with Crippen LogP contribution < -0.4 is 0 Å². The number of halogens is 1. The molecular formula is C15H12BrNS. The fourth-order valence-electron chi connectivity index (χ4n) is 1.61. The lowest BCUT2D eigenvalue weighted by Crippen LogP contribution is -1.86. The summed E-state index contributed by atoms with van der Waals surface area (Å²) in [6.45, 7) is 2.13. The predicted molar refractivity (Wildman–Crippen MR) is 79.6 cm³/mol. The normalized spacial score (nSPS) is 10.1. The molecule has 0 atom stereocenters. The minimum atomic E-state index is 0.683. The summed E-state index contributed by atoms with van der Waals surface area (Å²) in [7, 11) is 0. The van der Waals surface area contributed by atoms with Crippen LogP contribution in [0.25, 0.3) is 0 Å². The van der Waals surface area contributed by atoms with Gasteiger partial charge in [-0.15, -0.1) is 11.8 Å². The second-order valence-corrected chi connectivity index (χ2v) is 5.84. The summed E-state index contributed by atoms with van der Waals surface area (Å²) < 4.78 is 0.986. The summed E-state index contributed by atoms with van der Waals surface area (Å²) in [6, 6.07) is 16.2. The molecule has 0 aromatic heterocycles. The Kier molecular flexibility index (Phi) is 4.46. The van der Waals surface area contributed by atoms with Crippen LogP contribution in [0.5, 0.6) is 0 Å². The zero-order valence-corrected chi connectivity index (χ0v) is 12.4. The summed E-state index contributed by atoms with van der Waals surface area (Å²) in [6.07, 6.45) is 0. The van der Waals surface area contributed by atoms with Gasteiger partial charge in [0.15, 0.2) is 0 Å². The molecule has 2 aromatic rings. The van der Waals surface area contributed by atoms with Crippen molar-refractivity contribution in [2.75, 3.05) is 0 Å². The highest BCUT2D eigenvalue weighted by molar-refractivity contribution is 9.10. The van der Waals surface area contributed by atoms with Gasteiger partial charge in [0.1, 0.15) is 0 Å². The monoisotopic (exact) mass is 317 g/mol. The van der Waals surface area contributed by atoms with Crippen LogP contribution in [0.1, 0.15) is 16.7 Å². The third-order valence-corrected chi connectivity index (χ3v) is 4.75. The molecule has 0 bridgehead atoms. The van der Waals surface area contributed by atoms with Crippen LogP contribution in [0.3, 0.4) is 0 Å². The standard InChI is InChI=1S/C15H12BrNS/c1-11-4-2-3-5-13(11)10-18-15-7-6-12(9-17)8-14(15)16/h2-8H,10H2,1H3. The van der Waals surface area contributed by atoms with Crippen molar-refractivity contribution in [2.45, 2.75) is 17.6 Å². The molecule has 90 valence electrons. The van der Waals surface area contributed by atoms with E-state index in [2.05, 4.69) is 53.2 Å². The van der Waals surface area contributed by atoms with Crippen molar-refractivity contribution in [3.8, 4) is 6.07 Å². The number of rotatable bonds is 3. The van der Waals surface area contributed by atoms with Crippen molar-refractivity contribution in [1.29, 1.82) is 5.26 Å². The van der Waals surface area contributed by atoms with Crippen molar-refractivity contribution in [3.63, 3.8) is 0 Å². The Bertz CT molecular complexity index is 602. The number of aryl methyl sites for hydroxylation is 1.